The monoisotopic (exact) mass is 465 g/mol. The summed E-state index contributed by atoms with van der Waals surface area (Å²) in [5.74, 6) is 0. The number of amides is 3. The lowest BCUT2D eigenvalue weighted by atomic mass is 10.2. The predicted molar refractivity (Wildman–Crippen MR) is 126 cm³/mol. The van der Waals surface area contributed by atoms with Crippen molar-refractivity contribution in [2.45, 2.75) is 72.2 Å². The lowest BCUT2D eigenvalue weighted by Gasteiger charge is -2.23. The van der Waals surface area contributed by atoms with Gasteiger partial charge < -0.3 is 29.7 Å². The Bertz CT molecular complexity index is 705. The molecule has 0 spiro atoms. The molecule has 1 aromatic carbocycles. The summed E-state index contributed by atoms with van der Waals surface area (Å²) in [5, 5.41) is 5.36. The lowest BCUT2D eigenvalue weighted by molar-refractivity contribution is 0.0516. The smallest absolute Gasteiger partial charge is 0.410 e. The van der Waals surface area contributed by atoms with Crippen molar-refractivity contribution in [1.82, 2.24) is 15.5 Å². The Morgan fingerprint density at radius 3 is 1.67 bits per heavy atom. The highest BCUT2D eigenvalue weighted by molar-refractivity contribution is 5.68. The number of nitrogens with one attached hydrogen (secondary N) is 2. The van der Waals surface area contributed by atoms with Gasteiger partial charge in [0.05, 0.1) is 0 Å². The second-order valence-corrected chi connectivity index (χ2v) is 9.59. The van der Waals surface area contributed by atoms with Crippen molar-refractivity contribution in [3.05, 3.63) is 35.9 Å². The summed E-state index contributed by atoms with van der Waals surface area (Å²) in [4.78, 5) is 37.8. The molecule has 0 saturated carbocycles. The first-order valence-electron chi connectivity index (χ1n) is 11.2. The quantitative estimate of drug-likeness (QED) is 0.390. The summed E-state index contributed by atoms with van der Waals surface area (Å²) < 4.78 is 15.9. The second kappa shape index (κ2) is 13.5. The molecule has 9 heteroatoms. The molecule has 0 unspecified atom stereocenters. The van der Waals surface area contributed by atoms with Crippen molar-refractivity contribution < 1.29 is 28.6 Å². The Labute approximate surface area is 197 Å². The van der Waals surface area contributed by atoms with Gasteiger partial charge in [-0.25, -0.2) is 14.4 Å². The molecule has 0 aliphatic heterocycles. The topological polar surface area (TPSA) is 106 Å². The number of nitrogens with zero attached hydrogens (tertiary/aromatic N) is 1. The normalized spacial score (nSPS) is 11.3. The van der Waals surface area contributed by atoms with E-state index in [9.17, 15) is 14.4 Å². The molecule has 0 radical (unpaired) electrons. The van der Waals surface area contributed by atoms with Crippen molar-refractivity contribution in [2.75, 3.05) is 26.2 Å². The molecule has 0 fully saturated rings. The molecule has 0 aliphatic carbocycles. The molecule has 1 rings (SSSR count). The zero-order valence-corrected chi connectivity index (χ0v) is 20.7. The standard InChI is InChI=1S/C24H39N3O6/c1-23(2,3)32-20(28)25-14-10-16-27(17-11-15-26-21(29)33-24(4,5)6)22(30)31-18-19-12-8-7-9-13-19/h7-9,12-13H,10-11,14-18H2,1-6H3,(H,25,28)(H,26,29). The number of rotatable bonds is 10. The third-order valence-electron chi connectivity index (χ3n) is 4.01. The van der Waals surface area contributed by atoms with E-state index in [1.807, 2.05) is 30.3 Å². The molecule has 9 nitrogen and oxygen atoms in total. The van der Waals surface area contributed by atoms with Crippen LogP contribution < -0.4 is 10.6 Å². The minimum absolute atomic E-state index is 0.169. The van der Waals surface area contributed by atoms with Crippen molar-refractivity contribution in [2.24, 2.45) is 0 Å². The third kappa shape index (κ3) is 14.7. The largest absolute Gasteiger partial charge is 0.445 e. The van der Waals surface area contributed by atoms with E-state index in [2.05, 4.69) is 10.6 Å². The molecule has 3 amide bonds. The Hall–Kier alpha value is -2.97. The molecule has 0 aromatic heterocycles. The van der Waals surface area contributed by atoms with E-state index < -0.39 is 29.5 Å². The highest BCUT2D eigenvalue weighted by Crippen LogP contribution is 2.08. The second-order valence-electron chi connectivity index (χ2n) is 9.59. The van der Waals surface area contributed by atoms with Gasteiger partial charge in [-0.05, 0) is 59.9 Å². The van der Waals surface area contributed by atoms with Crippen molar-refractivity contribution >= 4 is 18.3 Å². The number of ether oxygens (including phenoxy) is 3. The molecule has 2 N–H and O–H groups in total. The maximum absolute atomic E-state index is 12.6. The summed E-state index contributed by atoms with van der Waals surface area (Å²) >= 11 is 0. The summed E-state index contributed by atoms with van der Waals surface area (Å²) in [5.41, 5.74) is -0.249. The van der Waals surface area contributed by atoms with E-state index in [4.69, 9.17) is 14.2 Å². The van der Waals surface area contributed by atoms with Crippen LogP contribution in [0.4, 0.5) is 14.4 Å². The van der Waals surface area contributed by atoms with Gasteiger partial charge in [-0.3, -0.25) is 0 Å². The summed E-state index contributed by atoms with van der Waals surface area (Å²) in [7, 11) is 0. The van der Waals surface area contributed by atoms with Crippen LogP contribution in [0.2, 0.25) is 0 Å². The van der Waals surface area contributed by atoms with Gasteiger partial charge in [0, 0.05) is 26.2 Å². The molecule has 0 saturated heterocycles. The van der Waals surface area contributed by atoms with Gasteiger partial charge in [-0.2, -0.15) is 0 Å². The van der Waals surface area contributed by atoms with Crippen molar-refractivity contribution in [3.8, 4) is 0 Å². The predicted octanol–water partition coefficient (Wildman–Crippen LogP) is 4.45. The highest BCUT2D eigenvalue weighted by atomic mass is 16.6. The Morgan fingerprint density at radius 1 is 0.788 bits per heavy atom. The van der Waals surface area contributed by atoms with Crippen LogP contribution in [0.1, 0.15) is 59.9 Å². The fourth-order valence-electron chi connectivity index (χ4n) is 2.65. The average molecular weight is 466 g/mol. The minimum Gasteiger partial charge on any atom is -0.445 e. The maximum Gasteiger partial charge on any atom is 0.410 e. The molecular weight excluding hydrogens is 426 g/mol. The van der Waals surface area contributed by atoms with Crippen LogP contribution in [-0.2, 0) is 20.8 Å². The summed E-state index contributed by atoms with van der Waals surface area (Å²) in [6.45, 7) is 12.4. The molecule has 0 atom stereocenters. The van der Waals surface area contributed by atoms with Crippen LogP contribution >= 0.6 is 0 Å². The van der Waals surface area contributed by atoms with Crippen molar-refractivity contribution in [1.29, 1.82) is 0 Å². The van der Waals surface area contributed by atoms with E-state index in [-0.39, 0.29) is 6.61 Å². The SMILES string of the molecule is CC(C)(C)OC(=O)NCCCN(CCCNC(=O)OC(C)(C)C)C(=O)OCc1ccccc1. The minimum atomic E-state index is -0.571. The molecule has 1 aromatic rings. The lowest BCUT2D eigenvalue weighted by Crippen LogP contribution is -2.38. The Kier molecular flexibility index (Phi) is 11.5. The molecule has 0 heterocycles. The third-order valence-corrected chi connectivity index (χ3v) is 4.01. The fraction of sp³-hybridized carbons (Fsp3) is 0.625. The number of carbonyl (C=O) groups excluding carboxylic acids is 3. The van der Waals surface area contributed by atoms with Crippen LogP contribution in [-0.4, -0.2) is 60.6 Å². The van der Waals surface area contributed by atoms with Gasteiger partial charge in [0.2, 0.25) is 0 Å². The number of carbonyl (C=O) groups is 3. The van der Waals surface area contributed by atoms with Gasteiger partial charge in [0.1, 0.15) is 17.8 Å². The van der Waals surface area contributed by atoms with Crippen LogP contribution in [0.3, 0.4) is 0 Å². The number of alkyl carbamates (subject to hydrolysis) is 2. The first-order valence-corrected chi connectivity index (χ1v) is 11.2. The fourth-order valence-corrected chi connectivity index (χ4v) is 2.65. The Balaban J connectivity index is 2.50. The van der Waals surface area contributed by atoms with Gasteiger partial charge in [-0.1, -0.05) is 30.3 Å². The van der Waals surface area contributed by atoms with Crippen LogP contribution in [0.15, 0.2) is 30.3 Å². The van der Waals surface area contributed by atoms with Crippen LogP contribution in [0.25, 0.3) is 0 Å². The van der Waals surface area contributed by atoms with E-state index in [1.54, 1.807) is 46.4 Å². The number of hydrogen-bond donors (Lipinski definition) is 2. The molecular formula is C24H39N3O6. The zero-order valence-electron chi connectivity index (χ0n) is 20.7. The first-order chi connectivity index (χ1) is 15.4. The van der Waals surface area contributed by atoms with Gasteiger partial charge in [0.25, 0.3) is 0 Å². The van der Waals surface area contributed by atoms with Crippen LogP contribution in [0.5, 0.6) is 0 Å². The molecule has 186 valence electrons. The van der Waals surface area contributed by atoms with Gasteiger partial charge in [-0.15, -0.1) is 0 Å². The zero-order chi connectivity index (χ0) is 24.9. The first kappa shape index (κ1) is 28.1. The van der Waals surface area contributed by atoms with Gasteiger partial charge in [0.15, 0.2) is 0 Å². The molecule has 33 heavy (non-hydrogen) atoms. The highest BCUT2D eigenvalue weighted by Gasteiger charge is 2.18. The Morgan fingerprint density at radius 2 is 1.24 bits per heavy atom. The average Bonchev–Trinajstić information content (AvgIpc) is 2.69. The van der Waals surface area contributed by atoms with Gasteiger partial charge >= 0.3 is 18.3 Å². The van der Waals surface area contributed by atoms with E-state index >= 15 is 0 Å². The van der Waals surface area contributed by atoms with E-state index in [0.717, 1.165) is 5.56 Å². The van der Waals surface area contributed by atoms with Crippen LogP contribution in [0, 0.1) is 0 Å². The van der Waals surface area contributed by atoms with E-state index in [0.29, 0.717) is 39.0 Å². The summed E-state index contributed by atoms with van der Waals surface area (Å²) in [6, 6.07) is 9.42. The number of benzene rings is 1. The van der Waals surface area contributed by atoms with Crippen molar-refractivity contribution in [3.63, 3.8) is 0 Å². The van der Waals surface area contributed by atoms with E-state index in [1.165, 1.54) is 0 Å². The maximum atomic E-state index is 12.6. The number of hydrogen-bond acceptors (Lipinski definition) is 6. The molecule has 0 bridgehead atoms. The molecule has 0 aliphatic rings. The summed E-state index contributed by atoms with van der Waals surface area (Å²) in [6.07, 6.45) is -0.392.